The molecule has 16 nitrogen and oxygen atoms in total. The van der Waals surface area contributed by atoms with E-state index in [-0.39, 0.29) is 88.4 Å². The van der Waals surface area contributed by atoms with Gasteiger partial charge in [0, 0.05) is 76.6 Å². The molecule has 0 bridgehead atoms. The number of nitrogens with one attached hydrogen (secondary N) is 6. The van der Waals surface area contributed by atoms with Gasteiger partial charge in [-0.3, -0.25) is 38.4 Å². The minimum Gasteiger partial charge on any atom is -0.368 e. The summed E-state index contributed by atoms with van der Waals surface area (Å²) >= 11 is 0. The Bertz CT molecular complexity index is 1570. The van der Waals surface area contributed by atoms with Crippen LogP contribution in [0.25, 0.3) is 0 Å². The number of nitrogens with two attached hydrogens (primary N) is 2. The van der Waals surface area contributed by atoms with Crippen LogP contribution in [0.2, 0.25) is 0 Å². The maximum Gasteiger partial charge on any atom is 0.243 e. The SMILES string of the molecule is CNC(=O)CCSSC[C@H](NC(=O)CCCC(=O)N[C@H](Cc1ccccc1)C(N)=O)C(=O)NCCNC(=O)CCCC(=O)N[C@H](Cc1ccccc1)C(N)=O. The summed E-state index contributed by atoms with van der Waals surface area (Å²) in [4.78, 5) is 98.3. The zero-order valence-electron chi connectivity index (χ0n) is 30.9. The first-order valence-corrected chi connectivity index (χ1v) is 20.4. The van der Waals surface area contributed by atoms with Crippen LogP contribution in [-0.4, -0.2) is 97.0 Å². The van der Waals surface area contributed by atoms with Crippen LogP contribution in [-0.2, 0) is 51.2 Å². The lowest BCUT2D eigenvalue weighted by Gasteiger charge is -2.18. The van der Waals surface area contributed by atoms with Gasteiger partial charge in [0.05, 0.1) is 0 Å². The smallest absolute Gasteiger partial charge is 0.243 e. The van der Waals surface area contributed by atoms with Crippen LogP contribution in [0, 0.1) is 0 Å². The van der Waals surface area contributed by atoms with Crippen LogP contribution in [0.5, 0.6) is 0 Å². The average Bonchev–Trinajstić information content (AvgIpc) is 3.15. The molecule has 0 saturated heterocycles. The number of carbonyl (C=O) groups is 8. The molecule has 0 aromatic heterocycles. The first kappa shape index (κ1) is 46.1. The minimum atomic E-state index is -0.940. The molecule has 3 atom stereocenters. The zero-order chi connectivity index (χ0) is 40.4. The van der Waals surface area contributed by atoms with Crippen molar-refractivity contribution in [3.05, 3.63) is 71.8 Å². The highest BCUT2D eigenvalue weighted by molar-refractivity contribution is 8.76. The number of hydrogen-bond acceptors (Lipinski definition) is 10. The molecular formula is C37H52N8O8S2. The maximum atomic E-state index is 13.0. The molecule has 0 heterocycles. The zero-order valence-corrected chi connectivity index (χ0v) is 32.6. The van der Waals surface area contributed by atoms with E-state index in [1.165, 1.54) is 21.6 Å². The van der Waals surface area contributed by atoms with Gasteiger partial charge in [-0.05, 0) is 24.0 Å². The van der Waals surface area contributed by atoms with Crippen LogP contribution in [0.15, 0.2) is 60.7 Å². The molecule has 0 saturated carbocycles. The molecule has 0 unspecified atom stereocenters. The van der Waals surface area contributed by atoms with E-state index in [0.717, 1.165) is 11.1 Å². The third-order valence-corrected chi connectivity index (χ3v) is 10.4. The average molecular weight is 801 g/mol. The molecule has 8 amide bonds. The fourth-order valence-electron chi connectivity index (χ4n) is 4.98. The third-order valence-electron chi connectivity index (χ3n) is 7.95. The van der Waals surface area contributed by atoms with Crippen molar-refractivity contribution in [3.63, 3.8) is 0 Å². The van der Waals surface area contributed by atoms with E-state index < -0.39 is 53.6 Å². The molecule has 18 heteroatoms. The predicted octanol–water partition coefficient (Wildman–Crippen LogP) is -0.0127. The van der Waals surface area contributed by atoms with Crippen LogP contribution in [0.4, 0.5) is 0 Å². The Balaban J connectivity index is 1.76. The fraction of sp³-hybridized carbons (Fsp3) is 0.459. The first-order valence-electron chi connectivity index (χ1n) is 17.9. The van der Waals surface area contributed by atoms with E-state index in [2.05, 4.69) is 31.9 Å². The Morgan fingerprint density at radius 2 is 0.982 bits per heavy atom. The second kappa shape index (κ2) is 26.6. The molecule has 300 valence electrons. The van der Waals surface area contributed by atoms with Crippen molar-refractivity contribution < 1.29 is 38.4 Å². The van der Waals surface area contributed by atoms with Crippen LogP contribution >= 0.6 is 21.6 Å². The predicted molar refractivity (Wildman–Crippen MR) is 212 cm³/mol. The lowest BCUT2D eigenvalue weighted by molar-refractivity contribution is -0.129. The molecule has 2 aromatic rings. The Morgan fingerprint density at radius 1 is 0.545 bits per heavy atom. The van der Waals surface area contributed by atoms with Gasteiger partial charge < -0.3 is 43.4 Å². The standard InChI is InChI=1S/C37H52N8O8S2/c1-40-30(46)18-21-54-55-24-29(45-34(50)17-9-16-33(49)44-28(36(39)52)23-26-12-6-3-7-13-26)37(53)42-20-19-41-31(47)14-8-15-32(48)43-27(35(38)51)22-25-10-4-2-5-11-25/h2-7,10-13,27-29H,8-9,14-24H2,1H3,(H2,38,51)(H2,39,52)(H,40,46)(H,41,47)(H,42,53)(H,43,48)(H,44,49)(H,45,50)/t27-,28-,29+/m1/s1. The van der Waals surface area contributed by atoms with Gasteiger partial charge in [0.2, 0.25) is 47.3 Å². The molecule has 0 fully saturated rings. The summed E-state index contributed by atoms with van der Waals surface area (Å²) in [5, 5.41) is 15.8. The summed E-state index contributed by atoms with van der Waals surface area (Å²) in [5.41, 5.74) is 12.6. The molecule has 2 rings (SSSR count). The summed E-state index contributed by atoms with van der Waals surface area (Å²) in [6.45, 7) is 0.161. The fourth-order valence-corrected chi connectivity index (χ4v) is 7.13. The Labute approximate surface area is 329 Å². The highest BCUT2D eigenvalue weighted by Crippen LogP contribution is 2.23. The molecule has 0 radical (unpaired) electrons. The van der Waals surface area contributed by atoms with Crippen molar-refractivity contribution >= 4 is 68.8 Å². The van der Waals surface area contributed by atoms with E-state index >= 15 is 0 Å². The molecule has 0 aliphatic heterocycles. The van der Waals surface area contributed by atoms with Crippen LogP contribution in [0.3, 0.4) is 0 Å². The quantitative estimate of drug-likeness (QED) is 0.0443. The lowest BCUT2D eigenvalue weighted by Crippen LogP contribution is -2.49. The monoisotopic (exact) mass is 800 g/mol. The summed E-state index contributed by atoms with van der Waals surface area (Å²) in [7, 11) is 4.22. The molecule has 2 aromatic carbocycles. The summed E-state index contributed by atoms with van der Waals surface area (Å²) in [6.07, 6.45) is 1.10. The number of amides is 8. The van der Waals surface area contributed by atoms with Crippen molar-refractivity contribution in [1.29, 1.82) is 0 Å². The van der Waals surface area contributed by atoms with Crippen LogP contribution < -0.4 is 43.4 Å². The molecular weight excluding hydrogens is 749 g/mol. The molecule has 10 N–H and O–H groups in total. The topological polar surface area (TPSA) is 261 Å². The van der Waals surface area contributed by atoms with E-state index in [1.54, 1.807) is 7.05 Å². The van der Waals surface area contributed by atoms with Crippen LogP contribution in [0.1, 0.15) is 56.1 Å². The van der Waals surface area contributed by atoms with Crippen molar-refractivity contribution in [2.75, 3.05) is 31.6 Å². The normalized spacial score (nSPS) is 12.2. The van der Waals surface area contributed by atoms with E-state index in [9.17, 15) is 38.4 Å². The highest BCUT2D eigenvalue weighted by Gasteiger charge is 2.23. The number of carbonyl (C=O) groups excluding carboxylic acids is 8. The van der Waals surface area contributed by atoms with Gasteiger partial charge >= 0.3 is 0 Å². The van der Waals surface area contributed by atoms with Gasteiger partial charge in [-0.15, -0.1) is 0 Å². The van der Waals surface area contributed by atoms with Crippen molar-refractivity contribution in [3.8, 4) is 0 Å². The second-order valence-electron chi connectivity index (χ2n) is 12.4. The van der Waals surface area contributed by atoms with Gasteiger partial charge in [-0.25, -0.2) is 0 Å². The van der Waals surface area contributed by atoms with Crippen molar-refractivity contribution in [2.45, 2.75) is 75.9 Å². The number of rotatable bonds is 27. The first-order chi connectivity index (χ1) is 26.4. The molecule has 0 aliphatic rings. The summed E-state index contributed by atoms with van der Waals surface area (Å²) < 4.78 is 0. The summed E-state index contributed by atoms with van der Waals surface area (Å²) in [6, 6.07) is 15.5. The van der Waals surface area contributed by atoms with E-state index in [0.29, 0.717) is 5.75 Å². The lowest BCUT2D eigenvalue weighted by atomic mass is 10.1. The van der Waals surface area contributed by atoms with E-state index in [4.69, 9.17) is 11.5 Å². The van der Waals surface area contributed by atoms with Gasteiger partial charge in [0.1, 0.15) is 18.1 Å². The maximum absolute atomic E-state index is 13.0. The molecule has 55 heavy (non-hydrogen) atoms. The number of benzene rings is 2. The minimum absolute atomic E-state index is 0.00965. The Hall–Kier alpha value is -5.10. The molecule has 0 aliphatic carbocycles. The largest absolute Gasteiger partial charge is 0.368 e. The van der Waals surface area contributed by atoms with Crippen molar-refractivity contribution in [1.82, 2.24) is 31.9 Å². The van der Waals surface area contributed by atoms with Crippen molar-refractivity contribution in [2.24, 2.45) is 11.5 Å². The van der Waals surface area contributed by atoms with Gasteiger partial charge in [0.15, 0.2) is 0 Å². The molecule has 0 spiro atoms. The second-order valence-corrected chi connectivity index (χ2v) is 15.0. The number of hydrogen-bond donors (Lipinski definition) is 8. The Morgan fingerprint density at radius 3 is 1.44 bits per heavy atom. The van der Waals surface area contributed by atoms with Gasteiger partial charge in [-0.1, -0.05) is 82.3 Å². The Kier molecular flexibility index (Phi) is 22.3. The highest BCUT2D eigenvalue weighted by atomic mass is 33.1. The van der Waals surface area contributed by atoms with E-state index in [1.807, 2.05) is 60.7 Å². The third kappa shape index (κ3) is 20.8. The van der Waals surface area contributed by atoms with Gasteiger partial charge in [-0.2, -0.15) is 0 Å². The summed E-state index contributed by atoms with van der Waals surface area (Å²) in [5.74, 6) is -2.90. The number of primary amides is 2. The van der Waals surface area contributed by atoms with Gasteiger partial charge in [0.25, 0.3) is 0 Å².